The summed E-state index contributed by atoms with van der Waals surface area (Å²) in [6.07, 6.45) is 3.48. The van der Waals surface area contributed by atoms with Crippen LogP contribution in [0.15, 0.2) is 12.7 Å². The van der Waals surface area contributed by atoms with Crippen molar-refractivity contribution in [3.05, 3.63) is 12.7 Å². The molecule has 1 rings (SSSR count). The molecule has 0 unspecified atom stereocenters. The monoisotopic (exact) mass is 168 g/mol. The molecule has 0 aromatic carbocycles. The molecule has 0 N–H and O–H groups in total. The number of carbonyl (C=O) groups excluding carboxylic acids is 2. The van der Waals surface area contributed by atoms with E-state index in [4.69, 9.17) is 4.74 Å². The Hall–Kier alpha value is -1.12. The van der Waals surface area contributed by atoms with E-state index in [1.54, 1.807) is 0 Å². The summed E-state index contributed by atoms with van der Waals surface area (Å²) in [7, 11) is 0. The number of ether oxygens (including phenoxy) is 1. The van der Waals surface area contributed by atoms with Crippen LogP contribution in [0.5, 0.6) is 0 Å². The molecule has 12 heavy (non-hydrogen) atoms. The van der Waals surface area contributed by atoms with E-state index in [2.05, 4.69) is 6.58 Å². The third kappa shape index (κ3) is 1.94. The largest absolute Gasteiger partial charge is 0.461 e. The summed E-state index contributed by atoms with van der Waals surface area (Å²) in [6.45, 7) is 3.61. The van der Waals surface area contributed by atoms with Crippen molar-refractivity contribution >= 4 is 11.8 Å². The third-order valence-electron chi connectivity index (χ3n) is 1.93. The van der Waals surface area contributed by atoms with Crippen LogP contribution in [-0.4, -0.2) is 18.4 Å². The molecule has 1 fully saturated rings. The fraction of sp³-hybridized carbons (Fsp3) is 0.556. The van der Waals surface area contributed by atoms with E-state index in [0.29, 0.717) is 12.8 Å². The van der Waals surface area contributed by atoms with Gasteiger partial charge in [-0.25, -0.2) is 0 Å². The maximum absolute atomic E-state index is 11.1. The highest BCUT2D eigenvalue weighted by Gasteiger charge is 2.31. The first kappa shape index (κ1) is 8.97. The Labute approximate surface area is 71.4 Å². The lowest BCUT2D eigenvalue weighted by molar-refractivity contribution is -0.149. The number of carbonyl (C=O) groups is 2. The summed E-state index contributed by atoms with van der Waals surface area (Å²) in [5, 5.41) is 0. The Kier molecular flexibility index (Phi) is 3.02. The zero-order chi connectivity index (χ0) is 8.97. The molecule has 0 heterocycles. The van der Waals surface area contributed by atoms with Crippen LogP contribution < -0.4 is 0 Å². The molecule has 0 spiro atoms. The van der Waals surface area contributed by atoms with Gasteiger partial charge in [0.1, 0.15) is 18.3 Å². The molecular formula is C9H12O3. The highest BCUT2D eigenvalue weighted by atomic mass is 16.5. The Morgan fingerprint density at radius 2 is 2.50 bits per heavy atom. The Morgan fingerprint density at radius 1 is 1.75 bits per heavy atom. The molecule has 1 aliphatic carbocycles. The lowest BCUT2D eigenvalue weighted by atomic mass is 10.1. The summed E-state index contributed by atoms with van der Waals surface area (Å²) in [4.78, 5) is 22.2. The minimum absolute atomic E-state index is 0.0177. The zero-order valence-corrected chi connectivity index (χ0v) is 6.91. The van der Waals surface area contributed by atoms with Gasteiger partial charge in [0.05, 0.1) is 0 Å². The van der Waals surface area contributed by atoms with E-state index in [1.807, 2.05) is 0 Å². The first-order valence-electron chi connectivity index (χ1n) is 4.06. The predicted octanol–water partition coefficient (Wildman–Crippen LogP) is 1.08. The van der Waals surface area contributed by atoms with Gasteiger partial charge in [0.2, 0.25) is 0 Å². The van der Waals surface area contributed by atoms with Gasteiger partial charge >= 0.3 is 5.97 Å². The van der Waals surface area contributed by atoms with Crippen molar-refractivity contribution in [2.24, 2.45) is 5.92 Å². The molecule has 0 aromatic heterocycles. The van der Waals surface area contributed by atoms with Gasteiger partial charge in [0.15, 0.2) is 0 Å². The van der Waals surface area contributed by atoms with E-state index in [1.165, 1.54) is 6.08 Å². The van der Waals surface area contributed by atoms with Gasteiger partial charge in [-0.05, 0) is 12.8 Å². The van der Waals surface area contributed by atoms with Gasteiger partial charge in [-0.3, -0.25) is 9.59 Å². The first-order chi connectivity index (χ1) is 5.75. The van der Waals surface area contributed by atoms with Crippen molar-refractivity contribution < 1.29 is 14.3 Å². The van der Waals surface area contributed by atoms with Gasteiger partial charge in [-0.2, -0.15) is 0 Å². The number of hydrogen-bond acceptors (Lipinski definition) is 3. The van der Waals surface area contributed by atoms with Crippen molar-refractivity contribution in [3.8, 4) is 0 Å². The molecule has 0 aromatic rings. The van der Waals surface area contributed by atoms with Crippen molar-refractivity contribution in [1.82, 2.24) is 0 Å². The molecule has 1 aliphatic rings. The Bertz CT molecular complexity index is 208. The summed E-state index contributed by atoms with van der Waals surface area (Å²) in [5.41, 5.74) is 0. The van der Waals surface area contributed by atoms with Crippen molar-refractivity contribution in [1.29, 1.82) is 0 Å². The molecule has 0 saturated heterocycles. The first-order valence-corrected chi connectivity index (χ1v) is 4.06. The molecule has 0 bridgehead atoms. The predicted molar refractivity (Wildman–Crippen MR) is 43.5 cm³/mol. The number of ketones is 1. The van der Waals surface area contributed by atoms with E-state index in [9.17, 15) is 9.59 Å². The van der Waals surface area contributed by atoms with Crippen LogP contribution in [-0.2, 0) is 14.3 Å². The quantitative estimate of drug-likeness (QED) is 0.360. The van der Waals surface area contributed by atoms with Crippen LogP contribution in [0.3, 0.4) is 0 Å². The summed E-state index contributed by atoms with van der Waals surface area (Å²) >= 11 is 0. The second-order valence-corrected chi connectivity index (χ2v) is 2.83. The topological polar surface area (TPSA) is 43.4 Å². The van der Waals surface area contributed by atoms with Crippen LogP contribution in [0.2, 0.25) is 0 Å². The zero-order valence-electron chi connectivity index (χ0n) is 6.91. The smallest absolute Gasteiger partial charge is 0.316 e. The minimum atomic E-state index is -0.495. The van der Waals surface area contributed by atoms with Crippen LogP contribution in [0.25, 0.3) is 0 Å². The van der Waals surface area contributed by atoms with Gasteiger partial charge < -0.3 is 4.74 Å². The van der Waals surface area contributed by atoms with Gasteiger partial charge in [0.25, 0.3) is 0 Å². The summed E-state index contributed by atoms with van der Waals surface area (Å²) in [6, 6.07) is 0. The third-order valence-corrected chi connectivity index (χ3v) is 1.93. The average molecular weight is 168 g/mol. The SMILES string of the molecule is C=CCOC(=O)[C@@H]1CCCC1=O. The second kappa shape index (κ2) is 4.04. The number of Topliss-reactive ketones (excluding diaryl/α,β-unsaturated/α-hetero) is 1. The van der Waals surface area contributed by atoms with Crippen molar-refractivity contribution in [3.63, 3.8) is 0 Å². The minimum Gasteiger partial charge on any atom is -0.461 e. The molecule has 1 saturated carbocycles. The highest BCUT2D eigenvalue weighted by molar-refractivity contribution is 6.00. The summed E-state index contributed by atoms with van der Waals surface area (Å²) < 4.78 is 4.77. The maximum atomic E-state index is 11.1. The van der Waals surface area contributed by atoms with Crippen LogP contribution in [0, 0.1) is 5.92 Å². The average Bonchev–Trinajstić information content (AvgIpc) is 2.47. The molecule has 1 atom stereocenters. The molecule has 0 aliphatic heterocycles. The molecular weight excluding hydrogens is 156 g/mol. The van der Waals surface area contributed by atoms with Crippen LogP contribution in [0.1, 0.15) is 19.3 Å². The number of rotatable bonds is 3. The highest BCUT2D eigenvalue weighted by Crippen LogP contribution is 2.22. The molecule has 66 valence electrons. The van der Waals surface area contributed by atoms with E-state index >= 15 is 0 Å². The standard InChI is InChI=1S/C9H12O3/c1-2-6-12-9(11)7-4-3-5-8(7)10/h2,7H,1,3-6H2/t7-/m1/s1. The second-order valence-electron chi connectivity index (χ2n) is 2.83. The van der Waals surface area contributed by atoms with Crippen LogP contribution in [0.4, 0.5) is 0 Å². The van der Waals surface area contributed by atoms with Gasteiger partial charge in [0, 0.05) is 6.42 Å². The Morgan fingerprint density at radius 3 is 3.00 bits per heavy atom. The van der Waals surface area contributed by atoms with E-state index < -0.39 is 11.9 Å². The van der Waals surface area contributed by atoms with Crippen molar-refractivity contribution in [2.75, 3.05) is 6.61 Å². The number of hydrogen-bond donors (Lipinski definition) is 0. The lowest BCUT2D eigenvalue weighted by Crippen LogP contribution is -2.21. The summed E-state index contributed by atoms with van der Waals surface area (Å²) in [5.74, 6) is -0.869. The van der Waals surface area contributed by atoms with E-state index in [-0.39, 0.29) is 12.4 Å². The molecule has 0 amide bonds. The van der Waals surface area contributed by atoms with Crippen molar-refractivity contribution in [2.45, 2.75) is 19.3 Å². The fourth-order valence-corrected chi connectivity index (χ4v) is 1.31. The lowest BCUT2D eigenvalue weighted by Gasteiger charge is -2.05. The normalized spacial score (nSPS) is 22.3. The molecule has 3 heteroatoms. The van der Waals surface area contributed by atoms with Crippen LogP contribution >= 0.6 is 0 Å². The Balaban J connectivity index is 2.40. The molecule has 0 radical (unpaired) electrons. The molecule has 3 nitrogen and oxygen atoms in total. The van der Waals surface area contributed by atoms with Gasteiger partial charge in [-0.1, -0.05) is 12.7 Å². The maximum Gasteiger partial charge on any atom is 0.316 e. The fourth-order valence-electron chi connectivity index (χ4n) is 1.31. The van der Waals surface area contributed by atoms with E-state index in [0.717, 1.165) is 6.42 Å². The number of esters is 1. The van der Waals surface area contributed by atoms with Gasteiger partial charge in [-0.15, -0.1) is 0 Å².